The number of hydrogen-bond donors (Lipinski definition) is 1. The monoisotopic (exact) mass is 284 g/mol. The molecule has 114 valence electrons. The van der Waals surface area contributed by atoms with Crippen molar-refractivity contribution in [2.75, 3.05) is 0 Å². The van der Waals surface area contributed by atoms with E-state index in [0.717, 1.165) is 17.8 Å². The van der Waals surface area contributed by atoms with Crippen LogP contribution in [0.1, 0.15) is 64.0 Å². The molecular weight excluding hydrogens is 256 g/mol. The normalized spacial score (nSPS) is 40.2. The minimum Gasteiger partial charge on any atom is -0.307 e. The summed E-state index contributed by atoms with van der Waals surface area (Å²) in [7, 11) is 0. The number of pyridine rings is 1. The molecule has 4 aliphatic carbocycles. The Balaban J connectivity index is 1.49. The highest BCUT2D eigenvalue weighted by Gasteiger charge is 2.53. The molecule has 0 spiro atoms. The van der Waals surface area contributed by atoms with Crippen LogP contribution in [0.3, 0.4) is 0 Å². The van der Waals surface area contributed by atoms with Gasteiger partial charge in [-0.25, -0.2) is 0 Å². The van der Waals surface area contributed by atoms with Crippen LogP contribution >= 0.6 is 0 Å². The maximum atomic E-state index is 4.27. The molecule has 1 N–H and O–H groups in total. The Labute approximate surface area is 128 Å². The molecule has 4 aliphatic rings. The maximum Gasteiger partial charge on any atom is 0.0315 e. The van der Waals surface area contributed by atoms with Crippen molar-refractivity contribution in [3.63, 3.8) is 0 Å². The van der Waals surface area contributed by atoms with Crippen molar-refractivity contribution in [3.05, 3.63) is 30.1 Å². The molecule has 5 rings (SSSR count). The number of nitrogens with zero attached hydrogens (tertiary/aromatic N) is 1. The van der Waals surface area contributed by atoms with E-state index in [1.165, 1.54) is 44.1 Å². The number of rotatable bonds is 4. The zero-order valence-electron chi connectivity index (χ0n) is 13.4. The van der Waals surface area contributed by atoms with Gasteiger partial charge in [-0.2, -0.15) is 0 Å². The van der Waals surface area contributed by atoms with Crippen molar-refractivity contribution in [3.8, 4) is 0 Å². The second-order valence-corrected chi connectivity index (χ2v) is 8.18. The Bertz CT molecular complexity index is 460. The zero-order valence-corrected chi connectivity index (χ0v) is 13.4. The first kappa shape index (κ1) is 13.8. The molecule has 1 aromatic rings. The van der Waals surface area contributed by atoms with Crippen LogP contribution in [0.25, 0.3) is 0 Å². The molecule has 0 saturated heterocycles. The Morgan fingerprint density at radius 3 is 2.24 bits per heavy atom. The van der Waals surface area contributed by atoms with E-state index in [2.05, 4.69) is 30.2 Å². The highest BCUT2D eigenvalue weighted by molar-refractivity contribution is 5.14. The van der Waals surface area contributed by atoms with E-state index in [1.54, 1.807) is 0 Å². The molecule has 0 amide bonds. The minimum atomic E-state index is 0.404. The highest BCUT2D eigenvalue weighted by Crippen LogP contribution is 2.61. The third-order valence-corrected chi connectivity index (χ3v) is 6.69. The van der Waals surface area contributed by atoms with Crippen LogP contribution in [-0.4, -0.2) is 11.0 Å². The van der Waals surface area contributed by atoms with E-state index in [4.69, 9.17) is 0 Å². The summed E-state index contributed by atoms with van der Waals surface area (Å²) in [5, 5.41) is 3.91. The summed E-state index contributed by atoms with van der Waals surface area (Å²) in [4.78, 5) is 4.27. The lowest BCUT2D eigenvalue weighted by Gasteiger charge is -2.59. The fraction of sp³-hybridized carbons (Fsp3) is 0.737. The fourth-order valence-corrected chi connectivity index (χ4v) is 5.99. The molecule has 4 saturated carbocycles. The van der Waals surface area contributed by atoms with E-state index < -0.39 is 0 Å². The molecule has 1 aromatic heterocycles. The summed E-state index contributed by atoms with van der Waals surface area (Å²) in [6.45, 7) is 4.73. The number of aromatic nitrogens is 1. The lowest BCUT2D eigenvalue weighted by molar-refractivity contribution is -0.0719. The average Bonchev–Trinajstić information content (AvgIpc) is 2.46. The topological polar surface area (TPSA) is 24.9 Å². The molecule has 0 aromatic carbocycles. The fourth-order valence-electron chi connectivity index (χ4n) is 5.99. The second-order valence-electron chi connectivity index (χ2n) is 8.18. The van der Waals surface area contributed by atoms with Crippen LogP contribution in [0.5, 0.6) is 0 Å². The quantitative estimate of drug-likeness (QED) is 0.889. The Hall–Kier alpha value is -0.890. The van der Waals surface area contributed by atoms with E-state index in [9.17, 15) is 0 Å². The van der Waals surface area contributed by atoms with Gasteiger partial charge in [0.05, 0.1) is 0 Å². The molecule has 1 heterocycles. The van der Waals surface area contributed by atoms with Crippen molar-refractivity contribution in [1.29, 1.82) is 0 Å². The zero-order chi connectivity index (χ0) is 14.4. The van der Waals surface area contributed by atoms with Crippen molar-refractivity contribution >= 4 is 0 Å². The van der Waals surface area contributed by atoms with Gasteiger partial charge in [0, 0.05) is 24.5 Å². The summed E-state index contributed by atoms with van der Waals surface area (Å²) >= 11 is 0. The molecule has 0 aliphatic heterocycles. The van der Waals surface area contributed by atoms with Gasteiger partial charge in [-0.1, -0.05) is 6.07 Å². The summed E-state index contributed by atoms with van der Waals surface area (Å²) in [6, 6.07) is 5.27. The first-order chi connectivity index (χ1) is 10.1. The molecule has 2 nitrogen and oxygen atoms in total. The molecule has 2 heteroatoms. The molecule has 21 heavy (non-hydrogen) atoms. The predicted molar refractivity (Wildman–Crippen MR) is 85.9 cm³/mol. The van der Waals surface area contributed by atoms with Crippen molar-refractivity contribution in [1.82, 2.24) is 10.3 Å². The molecule has 4 bridgehead atoms. The molecule has 4 fully saturated rings. The van der Waals surface area contributed by atoms with Gasteiger partial charge in [0.15, 0.2) is 0 Å². The van der Waals surface area contributed by atoms with Crippen LogP contribution < -0.4 is 5.32 Å². The minimum absolute atomic E-state index is 0.404. The van der Waals surface area contributed by atoms with Crippen LogP contribution in [0.2, 0.25) is 0 Å². The standard InChI is InChI=1S/C19H28N2/c1-13(18-4-3-5-20-12-18)21-14(2)19-9-15-6-16(10-19)8-17(7-15)11-19/h3-5,12-17,21H,6-11H2,1-2H3/t13-,14?,15?,16?,17?,19?/m1/s1. The van der Waals surface area contributed by atoms with Crippen LogP contribution in [0, 0.1) is 23.2 Å². The lowest BCUT2D eigenvalue weighted by atomic mass is 9.48. The Morgan fingerprint density at radius 1 is 1.10 bits per heavy atom. The highest BCUT2D eigenvalue weighted by atomic mass is 15.0. The van der Waals surface area contributed by atoms with Crippen LogP contribution in [0.15, 0.2) is 24.5 Å². The van der Waals surface area contributed by atoms with Gasteiger partial charge in [-0.05, 0) is 87.2 Å². The van der Waals surface area contributed by atoms with Crippen molar-refractivity contribution in [2.45, 2.75) is 64.5 Å². The van der Waals surface area contributed by atoms with Gasteiger partial charge in [0.25, 0.3) is 0 Å². The van der Waals surface area contributed by atoms with Crippen molar-refractivity contribution < 1.29 is 0 Å². The van der Waals surface area contributed by atoms with Gasteiger partial charge in [0.1, 0.15) is 0 Å². The van der Waals surface area contributed by atoms with Crippen molar-refractivity contribution in [2.24, 2.45) is 23.2 Å². The van der Waals surface area contributed by atoms with Gasteiger partial charge in [-0.3, -0.25) is 4.98 Å². The lowest BCUT2D eigenvalue weighted by Crippen LogP contribution is -2.55. The SMILES string of the molecule is CC(N[C@H](C)c1cccnc1)C12CC3CC(CC(C3)C1)C2. The maximum absolute atomic E-state index is 4.27. The largest absolute Gasteiger partial charge is 0.307 e. The number of hydrogen-bond acceptors (Lipinski definition) is 2. The first-order valence-electron chi connectivity index (χ1n) is 8.80. The molecule has 1 unspecified atom stereocenters. The molecule has 2 atom stereocenters. The summed E-state index contributed by atoms with van der Waals surface area (Å²) in [5.74, 6) is 3.11. The molecular formula is C19H28N2. The average molecular weight is 284 g/mol. The third-order valence-electron chi connectivity index (χ3n) is 6.69. The Morgan fingerprint density at radius 2 is 1.71 bits per heavy atom. The van der Waals surface area contributed by atoms with E-state index in [1.807, 2.05) is 18.5 Å². The van der Waals surface area contributed by atoms with E-state index in [0.29, 0.717) is 17.5 Å². The van der Waals surface area contributed by atoms with Crippen LogP contribution in [0.4, 0.5) is 0 Å². The first-order valence-corrected chi connectivity index (χ1v) is 8.80. The molecule has 0 radical (unpaired) electrons. The van der Waals surface area contributed by atoms with Gasteiger partial charge >= 0.3 is 0 Å². The van der Waals surface area contributed by atoms with Gasteiger partial charge < -0.3 is 5.32 Å². The van der Waals surface area contributed by atoms with Gasteiger partial charge in [-0.15, -0.1) is 0 Å². The summed E-state index contributed by atoms with van der Waals surface area (Å²) in [6.07, 6.45) is 12.9. The van der Waals surface area contributed by atoms with E-state index in [-0.39, 0.29) is 0 Å². The van der Waals surface area contributed by atoms with Crippen LogP contribution in [-0.2, 0) is 0 Å². The summed E-state index contributed by atoms with van der Waals surface area (Å²) in [5.41, 5.74) is 1.90. The number of nitrogens with one attached hydrogen (secondary N) is 1. The second kappa shape index (κ2) is 5.08. The summed E-state index contributed by atoms with van der Waals surface area (Å²) < 4.78 is 0. The van der Waals surface area contributed by atoms with Gasteiger partial charge in [0.2, 0.25) is 0 Å². The Kier molecular flexibility index (Phi) is 3.33. The van der Waals surface area contributed by atoms with E-state index >= 15 is 0 Å². The third kappa shape index (κ3) is 2.42. The smallest absolute Gasteiger partial charge is 0.0315 e. The predicted octanol–water partition coefficient (Wildman–Crippen LogP) is 4.34.